The second-order valence-corrected chi connectivity index (χ2v) is 7.84. The summed E-state index contributed by atoms with van der Waals surface area (Å²) < 4.78 is 10.8. The Balaban J connectivity index is 1.70. The van der Waals surface area contributed by atoms with Crippen LogP contribution in [-0.4, -0.2) is 25.3 Å². The summed E-state index contributed by atoms with van der Waals surface area (Å²) >= 11 is 0. The van der Waals surface area contributed by atoms with E-state index >= 15 is 0 Å². The van der Waals surface area contributed by atoms with Crippen molar-refractivity contribution in [3.63, 3.8) is 0 Å². The van der Waals surface area contributed by atoms with Crippen LogP contribution in [0.25, 0.3) is 0 Å². The van der Waals surface area contributed by atoms with Gasteiger partial charge in [0.15, 0.2) is 11.5 Å². The average Bonchev–Trinajstić information content (AvgIpc) is 3.07. The molecule has 1 aromatic rings. The van der Waals surface area contributed by atoms with Crippen molar-refractivity contribution in [2.45, 2.75) is 59.9 Å². The van der Waals surface area contributed by atoms with Crippen molar-refractivity contribution in [3.8, 4) is 11.5 Å². The Kier molecular flexibility index (Phi) is 8.66. The molecule has 1 heterocycles. The number of fused-ring (bicyclic) bond motifs is 1. The maximum atomic E-state index is 5.46. The van der Waals surface area contributed by atoms with Gasteiger partial charge in [-0.05, 0) is 78.1 Å². The molecule has 0 fully saturated rings. The van der Waals surface area contributed by atoms with Gasteiger partial charge in [-0.2, -0.15) is 0 Å². The van der Waals surface area contributed by atoms with E-state index in [-0.39, 0.29) is 0 Å². The van der Waals surface area contributed by atoms with Gasteiger partial charge in [-0.1, -0.05) is 41.0 Å². The number of nitrogens with zero attached hydrogens (tertiary/aromatic N) is 1. The maximum absolute atomic E-state index is 5.46. The van der Waals surface area contributed by atoms with Gasteiger partial charge in [-0.3, -0.25) is 4.90 Å². The van der Waals surface area contributed by atoms with E-state index in [4.69, 9.17) is 9.47 Å². The molecule has 2 rings (SSSR count). The van der Waals surface area contributed by atoms with Gasteiger partial charge in [0.2, 0.25) is 6.79 Å². The van der Waals surface area contributed by atoms with E-state index in [9.17, 15) is 0 Å². The average molecular weight is 370 g/mol. The summed E-state index contributed by atoms with van der Waals surface area (Å²) in [5.74, 6) is 1.71. The van der Waals surface area contributed by atoms with Gasteiger partial charge >= 0.3 is 0 Å². The van der Waals surface area contributed by atoms with Crippen LogP contribution in [0.2, 0.25) is 0 Å². The molecule has 148 valence electrons. The van der Waals surface area contributed by atoms with Crippen LogP contribution >= 0.6 is 0 Å². The van der Waals surface area contributed by atoms with Gasteiger partial charge in [0.1, 0.15) is 0 Å². The fourth-order valence-corrected chi connectivity index (χ4v) is 3.07. The monoisotopic (exact) mass is 369 g/mol. The van der Waals surface area contributed by atoms with Gasteiger partial charge < -0.3 is 9.47 Å². The molecule has 0 spiro atoms. The molecule has 0 unspecified atom stereocenters. The van der Waals surface area contributed by atoms with Crippen molar-refractivity contribution in [2.75, 3.05) is 20.4 Å². The standard InChI is InChI=1S/C24H35NO2/c1-19(2)8-6-9-20(3)10-7-11-21(4)14-15-25(5)17-22-12-13-23-24(16-22)27-18-26-23/h8,10,12-14,16H,6-7,9,11,15,17-18H2,1-5H3. The van der Waals surface area contributed by atoms with Crippen LogP contribution in [-0.2, 0) is 6.54 Å². The topological polar surface area (TPSA) is 21.7 Å². The lowest BCUT2D eigenvalue weighted by Gasteiger charge is -2.15. The lowest BCUT2D eigenvalue weighted by atomic mass is 10.1. The molecule has 0 saturated heterocycles. The smallest absolute Gasteiger partial charge is 0.231 e. The van der Waals surface area contributed by atoms with Crippen molar-refractivity contribution in [2.24, 2.45) is 0 Å². The van der Waals surface area contributed by atoms with Crippen LogP contribution in [0.3, 0.4) is 0 Å². The minimum Gasteiger partial charge on any atom is -0.454 e. The summed E-state index contributed by atoms with van der Waals surface area (Å²) in [7, 11) is 2.15. The molecule has 0 saturated carbocycles. The second-order valence-electron chi connectivity index (χ2n) is 7.84. The normalized spacial score (nSPS) is 14.0. The van der Waals surface area contributed by atoms with Gasteiger partial charge in [-0.25, -0.2) is 0 Å². The third-order valence-corrected chi connectivity index (χ3v) is 4.76. The van der Waals surface area contributed by atoms with Crippen LogP contribution in [0.4, 0.5) is 0 Å². The van der Waals surface area contributed by atoms with Crippen molar-refractivity contribution in [1.29, 1.82) is 0 Å². The number of likely N-dealkylation sites (N-methyl/N-ethyl adjacent to an activating group) is 1. The number of hydrogen-bond donors (Lipinski definition) is 0. The molecule has 3 nitrogen and oxygen atoms in total. The van der Waals surface area contributed by atoms with E-state index in [0.29, 0.717) is 6.79 Å². The van der Waals surface area contributed by atoms with E-state index in [1.807, 2.05) is 6.07 Å². The minimum atomic E-state index is 0.333. The Bertz CT molecular complexity index is 696. The molecular formula is C24H35NO2. The van der Waals surface area contributed by atoms with Crippen molar-refractivity contribution < 1.29 is 9.47 Å². The molecule has 1 aliphatic rings. The van der Waals surface area contributed by atoms with Crippen LogP contribution in [0, 0.1) is 0 Å². The fraction of sp³-hybridized carbons (Fsp3) is 0.500. The molecule has 0 atom stereocenters. The third kappa shape index (κ3) is 8.04. The SMILES string of the molecule is CC(C)=CCCC(C)=CCCC(C)=CCN(C)Cc1ccc2c(c1)OCO2. The number of benzene rings is 1. The first kappa shape index (κ1) is 21.3. The number of allylic oxidation sites excluding steroid dienone is 5. The Morgan fingerprint density at radius 3 is 2.33 bits per heavy atom. The summed E-state index contributed by atoms with van der Waals surface area (Å²) in [4.78, 5) is 2.32. The molecule has 3 heteroatoms. The highest BCUT2D eigenvalue weighted by molar-refractivity contribution is 5.44. The zero-order chi connectivity index (χ0) is 19.6. The van der Waals surface area contributed by atoms with Gasteiger partial charge in [0, 0.05) is 13.1 Å². The summed E-state index contributed by atoms with van der Waals surface area (Å²) in [5, 5.41) is 0. The number of rotatable bonds is 10. The predicted molar refractivity (Wildman–Crippen MR) is 114 cm³/mol. The fourth-order valence-electron chi connectivity index (χ4n) is 3.07. The van der Waals surface area contributed by atoms with E-state index in [1.165, 1.54) is 28.7 Å². The highest BCUT2D eigenvalue weighted by atomic mass is 16.7. The number of hydrogen-bond acceptors (Lipinski definition) is 3. The third-order valence-electron chi connectivity index (χ3n) is 4.76. The van der Waals surface area contributed by atoms with E-state index in [0.717, 1.165) is 43.9 Å². The lowest BCUT2D eigenvalue weighted by Crippen LogP contribution is -2.17. The predicted octanol–water partition coefficient (Wildman–Crippen LogP) is 6.27. The highest BCUT2D eigenvalue weighted by Crippen LogP contribution is 2.32. The largest absolute Gasteiger partial charge is 0.454 e. The molecule has 0 aromatic heterocycles. The molecule has 1 aromatic carbocycles. The van der Waals surface area contributed by atoms with E-state index in [2.05, 4.69) is 70.0 Å². The lowest BCUT2D eigenvalue weighted by molar-refractivity contribution is 0.174. The second kappa shape index (κ2) is 11.0. The Hall–Kier alpha value is -2.00. The Morgan fingerprint density at radius 2 is 1.59 bits per heavy atom. The summed E-state index contributed by atoms with van der Waals surface area (Å²) in [6, 6.07) is 6.19. The van der Waals surface area contributed by atoms with Gasteiger partial charge in [0.05, 0.1) is 0 Å². The first-order valence-corrected chi connectivity index (χ1v) is 9.95. The molecular weight excluding hydrogens is 334 g/mol. The number of ether oxygens (including phenoxy) is 2. The molecule has 1 aliphatic heterocycles. The summed E-state index contributed by atoms with van der Waals surface area (Å²) in [5.41, 5.74) is 5.62. The zero-order valence-electron chi connectivity index (χ0n) is 17.7. The quantitative estimate of drug-likeness (QED) is 0.454. The first-order chi connectivity index (χ1) is 12.9. The van der Waals surface area contributed by atoms with Gasteiger partial charge in [0.25, 0.3) is 0 Å². The molecule has 0 radical (unpaired) electrons. The molecule has 0 aliphatic carbocycles. The summed E-state index contributed by atoms with van der Waals surface area (Å²) in [6.07, 6.45) is 11.7. The highest BCUT2D eigenvalue weighted by Gasteiger charge is 2.13. The molecule has 27 heavy (non-hydrogen) atoms. The van der Waals surface area contributed by atoms with Crippen molar-refractivity contribution in [1.82, 2.24) is 4.90 Å². The molecule has 0 bridgehead atoms. The summed E-state index contributed by atoms with van der Waals surface area (Å²) in [6.45, 7) is 11.0. The van der Waals surface area contributed by atoms with Crippen LogP contribution in [0.15, 0.2) is 53.1 Å². The first-order valence-electron chi connectivity index (χ1n) is 9.95. The Labute approximate surface area is 165 Å². The maximum Gasteiger partial charge on any atom is 0.231 e. The van der Waals surface area contributed by atoms with Gasteiger partial charge in [-0.15, -0.1) is 0 Å². The minimum absolute atomic E-state index is 0.333. The van der Waals surface area contributed by atoms with Crippen LogP contribution < -0.4 is 9.47 Å². The molecule has 0 amide bonds. The Morgan fingerprint density at radius 1 is 0.926 bits per heavy atom. The van der Waals surface area contributed by atoms with Crippen molar-refractivity contribution in [3.05, 3.63) is 58.7 Å². The van der Waals surface area contributed by atoms with E-state index < -0.39 is 0 Å². The van der Waals surface area contributed by atoms with Crippen LogP contribution in [0.1, 0.15) is 58.9 Å². The van der Waals surface area contributed by atoms with Crippen LogP contribution in [0.5, 0.6) is 11.5 Å². The zero-order valence-corrected chi connectivity index (χ0v) is 17.7. The molecule has 0 N–H and O–H groups in total. The van der Waals surface area contributed by atoms with Crippen molar-refractivity contribution >= 4 is 0 Å². The van der Waals surface area contributed by atoms with E-state index in [1.54, 1.807) is 0 Å².